The fourth-order valence-electron chi connectivity index (χ4n) is 2.04. The van der Waals surface area contributed by atoms with Gasteiger partial charge in [0.2, 0.25) is 0 Å². The van der Waals surface area contributed by atoms with E-state index in [0.717, 1.165) is 19.3 Å². The number of hydrogen-bond donors (Lipinski definition) is 1. The third kappa shape index (κ3) is 2.19. The summed E-state index contributed by atoms with van der Waals surface area (Å²) in [6.07, 6.45) is 3.23. The monoisotopic (exact) mass is 230 g/mol. The van der Waals surface area contributed by atoms with E-state index in [-0.39, 0.29) is 0 Å². The van der Waals surface area contributed by atoms with E-state index in [1.54, 1.807) is 0 Å². The van der Waals surface area contributed by atoms with Gasteiger partial charge in [-0.05, 0) is 42.9 Å². The Bertz CT molecular complexity index is 321. The molecule has 1 aromatic heterocycles. The molecule has 2 rings (SSSR count). The predicted octanol–water partition coefficient (Wildman–Crippen LogP) is 2.98. The topological polar surface area (TPSA) is 38.9 Å². The lowest BCUT2D eigenvalue weighted by atomic mass is 9.99. The lowest BCUT2D eigenvalue weighted by Crippen LogP contribution is -2.14. The zero-order valence-electron chi connectivity index (χ0n) is 7.71. The van der Waals surface area contributed by atoms with Crippen molar-refractivity contribution in [1.82, 2.24) is 4.98 Å². The molecule has 0 saturated heterocycles. The lowest BCUT2D eigenvalue weighted by molar-refractivity contribution is 0.674. The third-order valence-electron chi connectivity index (χ3n) is 2.73. The highest BCUT2D eigenvalue weighted by molar-refractivity contribution is 6.32. The maximum Gasteiger partial charge on any atom is 0.131 e. The van der Waals surface area contributed by atoms with Gasteiger partial charge in [0.25, 0.3) is 0 Å². The maximum atomic E-state index is 5.86. The summed E-state index contributed by atoms with van der Waals surface area (Å²) in [5.74, 6) is 0.503. The van der Waals surface area contributed by atoms with E-state index < -0.39 is 0 Å². The molecule has 0 radical (unpaired) electrons. The number of pyridine rings is 1. The Labute approximate surface area is 93.4 Å². The molecule has 0 aliphatic heterocycles. The first kappa shape index (κ1) is 10.2. The number of halogens is 2. The number of aromatic nitrogens is 1. The molecule has 1 saturated carbocycles. The molecular weight excluding hydrogens is 219 g/mol. The van der Waals surface area contributed by atoms with Crippen molar-refractivity contribution in [1.29, 1.82) is 0 Å². The van der Waals surface area contributed by atoms with Crippen LogP contribution in [0.5, 0.6) is 0 Å². The second-order valence-electron chi connectivity index (χ2n) is 3.82. The Morgan fingerprint density at radius 3 is 2.36 bits per heavy atom. The van der Waals surface area contributed by atoms with Gasteiger partial charge >= 0.3 is 0 Å². The van der Waals surface area contributed by atoms with Crippen LogP contribution in [-0.4, -0.2) is 11.0 Å². The van der Waals surface area contributed by atoms with Gasteiger partial charge in [0.05, 0.1) is 0 Å². The standard InChI is InChI=1S/C10H12Cl2N2/c11-9-4-7(5-10(12)14-9)6-1-2-8(13)3-6/h4-6,8H,1-3,13H2. The number of nitrogens with zero attached hydrogens (tertiary/aromatic N) is 1. The van der Waals surface area contributed by atoms with Gasteiger partial charge in [-0.3, -0.25) is 0 Å². The molecule has 2 atom stereocenters. The van der Waals surface area contributed by atoms with Crippen LogP contribution in [0, 0.1) is 0 Å². The minimum atomic E-state index is 0.325. The minimum absolute atomic E-state index is 0.325. The normalized spacial score (nSPS) is 26.8. The molecule has 0 spiro atoms. The van der Waals surface area contributed by atoms with E-state index in [9.17, 15) is 0 Å². The zero-order valence-corrected chi connectivity index (χ0v) is 9.22. The van der Waals surface area contributed by atoms with Crippen LogP contribution < -0.4 is 5.73 Å². The van der Waals surface area contributed by atoms with E-state index in [1.807, 2.05) is 12.1 Å². The van der Waals surface area contributed by atoms with Crippen molar-refractivity contribution in [3.63, 3.8) is 0 Å². The van der Waals surface area contributed by atoms with Crippen molar-refractivity contribution in [2.24, 2.45) is 5.73 Å². The molecule has 2 nitrogen and oxygen atoms in total. The fraction of sp³-hybridized carbons (Fsp3) is 0.500. The molecule has 0 bridgehead atoms. The average Bonchev–Trinajstić information content (AvgIpc) is 2.50. The first-order chi connectivity index (χ1) is 6.65. The van der Waals surface area contributed by atoms with Gasteiger partial charge in [-0.2, -0.15) is 0 Å². The quantitative estimate of drug-likeness (QED) is 0.754. The minimum Gasteiger partial charge on any atom is -0.328 e. The van der Waals surface area contributed by atoms with Gasteiger partial charge in [0, 0.05) is 6.04 Å². The summed E-state index contributed by atoms with van der Waals surface area (Å²) in [6, 6.07) is 4.09. The molecule has 4 heteroatoms. The fourth-order valence-corrected chi connectivity index (χ4v) is 2.52. The molecule has 2 N–H and O–H groups in total. The maximum absolute atomic E-state index is 5.86. The smallest absolute Gasteiger partial charge is 0.131 e. The molecule has 1 fully saturated rings. The largest absolute Gasteiger partial charge is 0.328 e. The Balaban J connectivity index is 2.23. The molecule has 0 aromatic carbocycles. The van der Waals surface area contributed by atoms with E-state index in [2.05, 4.69) is 4.98 Å². The molecule has 1 aliphatic carbocycles. The summed E-state index contributed by atoms with van der Waals surface area (Å²) >= 11 is 11.7. The predicted molar refractivity (Wildman–Crippen MR) is 58.8 cm³/mol. The third-order valence-corrected chi connectivity index (χ3v) is 3.12. The van der Waals surface area contributed by atoms with Gasteiger partial charge in [-0.15, -0.1) is 0 Å². The van der Waals surface area contributed by atoms with Crippen LogP contribution in [0.3, 0.4) is 0 Å². The van der Waals surface area contributed by atoms with Crippen LogP contribution in [0.15, 0.2) is 12.1 Å². The summed E-state index contributed by atoms with van der Waals surface area (Å²) < 4.78 is 0. The van der Waals surface area contributed by atoms with Crippen molar-refractivity contribution < 1.29 is 0 Å². The van der Waals surface area contributed by atoms with Gasteiger partial charge in [-0.25, -0.2) is 4.98 Å². The van der Waals surface area contributed by atoms with Crippen molar-refractivity contribution in [3.05, 3.63) is 28.0 Å². The second kappa shape index (κ2) is 4.05. The first-order valence-corrected chi connectivity index (χ1v) is 5.49. The average molecular weight is 231 g/mol. The van der Waals surface area contributed by atoms with Crippen LogP contribution in [0.25, 0.3) is 0 Å². The van der Waals surface area contributed by atoms with Crippen molar-refractivity contribution in [3.8, 4) is 0 Å². The van der Waals surface area contributed by atoms with Crippen LogP contribution in [-0.2, 0) is 0 Å². The summed E-state index contributed by atoms with van der Waals surface area (Å²) in [5, 5.41) is 0.931. The highest BCUT2D eigenvalue weighted by atomic mass is 35.5. The molecule has 1 aliphatic rings. The molecule has 2 unspecified atom stereocenters. The second-order valence-corrected chi connectivity index (χ2v) is 4.59. The molecular formula is C10H12Cl2N2. The van der Waals surface area contributed by atoms with Crippen LogP contribution in [0.4, 0.5) is 0 Å². The van der Waals surface area contributed by atoms with E-state index in [0.29, 0.717) is 22.3 Å². The molecule has 1 heterocycles. The van der Waals surface area contributed by atoms with E-state index in [1.165, 1.54) is 5.56 Å². The van der Waals surface area contributed by atoms with Gasteiger partial charge in [-0.1, -0.05) is 23.2 Å². The molecule has 0 amide bonds. The summed E-state index contributed by atoms with van der Waals surface area (Å²) in [5.41, 5.74) is 7.03. The highest BCUT2D eigenvalue weighted by Gasteiger charge is 2.23. The summed E-state index contributed by atoms with van der Waals surface area (Å²) in [7, 11) is 0. The van der Waals surface area contributed by atoms with Crippen LogP contribution >= 0.6 is 23.2 Å². The van der Waals surface area contributed by atoms with Crippen LogP contribution in [0.1, 0.15) is 30.7 Å². The summed E-state index contributed by atoms with van der Waals surface area (Å²) in [4.78, 5) is 3.92. The van der Waals surface area contributed by atoms with Gasteiger partial charge < -0.3 is 5.73 Å². The molecule has 76 valence electrons. The van der Waals surface area contributed by atoms with Crippen LogP contribution in [0.2, 0.25) is 10.3 Å². The number of nitrogens with two attached hydrogens (primary N) is 1. The Hall–Kier alpha value is -0.310. The lowest BCUT2D eigenvalue weighted by Gasteiger charge is -2.10. The van der Waals surface area contributed by atoms with Crippen molar-refractivity contribution in [2.45, 2.75) is 31.2 Å². The zero-order chi connectivity index (χ0) is 10.1. The SMILES string of the molecule is NC1CCC(c2cc(Cl)nc(Cl)c2)C1. The van der Waals surface area contributed by atoms with Gasteiger partial charge in [0.1, 0.15) is 10.3 Å². The Morgan fingerprint density at radius 2 is 1.86 bits per heavy atom. The van der Waals surface area contributed by atoms with E-state index >= 15 is 0 Å². The van der Waals surface area contributed by atoms with Gasteiger partial charge in [0.15, 0.2) is 0 Å². The molecule has 1 aromatic rings. The number of rotatable bonds is 1. The first-order valence-electron chi connectivity index (χ1n) is 4.73. The number of hydrogen-bond acceptors (Lipinski definition) is 2. The Morgan fingerprint density at radius 1 is 1.21 bits per heavy atom. The van der Waals surface area contributed by atoms with Crippen molar-refractivity contribution >= 4 is 23.2 Å². The van der Waals surface area contributed by atoms with Crippen molar-refractivity contribution in [2.75, 3.05) is 0 Å². The molecule has 14 heavy (non-hydrogen) atoms. The Kier molecular flexibility index (Phi) is 2.96. The highest BCUT2D eigenvalue weighted by Crippen LogP contribution is 2.35. The summed E-state index contributed by atoms with van der Waals surface area (Å²) in [6.45, 7) is 0. The van der Waals surface area contributed by atoms with E-state index in [4.69, 9.17) is 28.9 Å².